The maximum Gasteiger partial charge on any atom is 0.129 e. The lowest BCUT2D eigenvalue weighted by atomic mass is 10.1. The quantitative estimate of drug-likeness (QED) is 0.661. The Bertz CT molecular complexity index is 200. The van der Waals surface area contributed by atoms with Gasteiger partial charge in [0.05, 0.1) is 13.6 Å². The van der Waals surface area contributed by atoms with Crippen molar-refractivity contribution in [2.45, 2.75) is 19.9 Å². The molecule has 0 aliphatic carbocycles. The summed E-state index contributed by atoms with van der Waals surface area (Å²) in [6, 6.07) is 0.638. The molecule has 3 aliphatic rings. The van der Waals surface area contributed by atoms with Gasteiger partial charge >= 0.3 is 0 Å². The molecule has 0 aromatic heterocycles. The van der Waals surface area contributed by atoms with Crippen LogP contribution in [0.5, 0.6) is 0 Å². The lowest BCUT2D eigenvalue weighted by molar-refractivity contribution is -1.07. The average molecular weight is 213 g/mol. The third-order valence-corrected chi connectivity index (χ3v) is 4.48. The fourth-order valence-electron chi connectivity index (χ4n) is 2.96. The zero-order valence-electron chi connectivity index (χ0n) is 10.6. The fourth-order valence-corrected chi connectivity index (χ4v) is 2.96. The van der Waals surface area contributed by atoms with Gasteiger partial charge in [-0.3, -0.25) is 0 Å². The Kier molecular flexibility index (Phi) is 3.06. The van der Waals surface area contributed by atoms with Gasteiger partial charge in [-0.25, -0.2) is 0 Å². The second-order valence-corrected chi connectivity index (χ2v) is 6.14. The highest BCUT2D eigenvalue weighted by atomic mass is 15.5. The molecule has 0 saturated carbocycles. The molecule has 3 fully saturated rings. The van der Waals surface area contributed by atoms with Gasteiger partial charge in [-0.2, -0.15) is 0 Å². The van der Waals surface area contributed by atoms with Gasteiger partial charge < -0.3 is 14.3 Å². The van der Waals surface area contributed by atoms with E-state index in [2.05, 4.69) is 26.2 Å². The summed E-state index contributed by atoms with van der Waals surface area (Å²) in [5, 5.41) is 3.56. The minimum Gasteiger partial charge on any atom is -0.312 e. The molecule has 15 heavy (non-hydrogen) atoms. The van der Waals surface area contributed by atoms with Crippen LogP contribution in [0.3, 0.4) is 0 Å². The first kappa shape index (κ1) is 11.4. The molecule has 3 rings (SSSR count). The van der Waals surface area contributed by atoms with E-state index in [9.17, 15) is 0 Å². The zero-order chi connectivity index (χ0) is 10.9. The molecule has 0 atom stereocenters. The summed E-state index contributed by atoms with van der Waals surface area (Å²) in [5.74, 6) is 0. The summed E-state index contributed by atoms with van der Waals surface area (Å²) in [6.45, 7) is 15.5. The largest absolute Gasteiger partial charge is 0.312 e. The van der Waals surface area contributed by atoms with Crippen molar-refractivity contribution in [3.63, 3.8) is 0 Å². The first-order valence-electron chi connectivity index (χ1n) is 6.46. The number of fused-ring (bicyclic) bond motifs is 3. The van der Waals surface area contributed by atoms with E-state index < -0.39 is 0 Å². The Hall–Kier alpha value is -0.120. The number of nitrogens with zero attached hydrogens (tertiary/aromatic N) is 2. The highest BCUT2D eigenvalue weighted by molar-refractivity contribution is 4.62. The Labute approximate surface area is 94.2 Å². The Morgan fingerprint density at radius 2 is 1.53 bits per heavy atom. The minimum atomic E-state index is 0.638. The summed E-state index contributed by atoms with van der Waals surface area (Å²) in [4.78, 5) is 0. The number of nitrogens with one attached hydrogen (secondary N) is 1. The van der Waals surface area contributed by atoms with Crippen LogP contribution in [-0.4, -0.2) is 74.4 Å². The Morgan fingerprint density at radius 1 is 1.00 bits per heavy atom. The van der Waals surface area contributed by atoms with Crippen molar-refractivity contribution in [3.05, 3.63) is 0 Å². The van der Waals surface area contributed by atoms with Gasteiger partial charge in [-0.15, -0.1) is 0 Å². The van der Waals surface area contributed by atoms with Crippen molar-refractivity contribution in [1.29, 1.82) is 0 Å². The third kappa shape index (κ3) is 2.52. The predicted octanol–water partition coefficient (Wildman–Crippen LogP) is 0.275. The molecule has 2 bridgehead atoms. The monoisotopic (exact) mass is 213 g/mol. The molecule has 3 heteroatoms. The molecule has 3 heterocycles. The second-order valence-electron chi connectivity index (χ2n) is 6.14. The van der Waals surface area contributed by atoms with Crippen LogP contribution in [-0.2, 0) is 0 Å². The van der Waals surface area contributed by atoms with Crippen LogP contribution in [0, 0.1) is 0 Å². The number of likely N-dealkylation sites (N-methyl/N-ethyl adjacent to an activating group) is 1. The van der Waals surface area contributed by atoms with E-state index in [1.807, 2.05) is 0 Å². The van der Waals surface area contributed by atoms with Gasteiger partial charge in [-0.1, -0.05) is 13.8 Å². The van der Waals surface area contributed by atoms with E-state index >= 15 is 0 Å². The highest BCUT2D eigenvalue weighted by Gasteiger charge is 2.46. The van der Waals surface area contributed by atoms with Gasteiger partial charge in [0.25, 0.3) is 0 Å². The Morgan fingerprint density at radius 3 is 2.00 bits per heavy atom. The van der Waals surface area contributed by atoms with Crippen molar-refractivity contribution in [1.82, 2.24) is 5.32 Å². The van der Waals surface area contributed by atoms with Gasteiger partial charge in [0.2, 0.25) is 0 Å². The van der Waals surface area contributed by atoms with Crippen molar-refractivity contribution in [2.75, 3.05) is 59.4 Å². The maximum atomic E-state index is 3.56. The third-order valence-electron chi connectivity index (χ3n) is 4.48. The van der Waals surface area contributed by atoms with Gasteiger partial charge in [0.15, 0.2) is 0 Å². The lowest BCUT2D eigenvalue weighted by Crippen LogP contribution is -2.74. The van der Waals surface area contributed by atoms with Crippen molar-refractivity contribution in [2.24, 2.45) is 0 Å². The van der Waals surface area contributed by atoms with Crippen LogP contribution >= 0.6 is 0 Å². The fraction of sp³-hybridized carbons (Fsp3) is 1.00. The minimum absolute atomic E-state index is 0.638. The van der Waals surface area contributed by atoms with Crippen molar-refractivity contribution >= 4 is 0 Å². The van der Waals surface area contributed by atoms with Crippen LogP contribution < -0.4 is 5.32 Å². The van der Waals surface area contributed by atoms with Gasteiger partial charge in [0.1, 0.15) is 39.3 Å². The van der Waals surface area contributed by atoms with Gasteiger partial charge in [-0.05, 0) is 0 Å². The average Bonchev–Trinajstić information content (AvgIpc) is 2.20. The smallest absolute Gasteiger partial charge is 0.129 e. The van der Waals surface area contributed by atoms with Crippen LogP contribution in [0.15, 0.2) is 0 Å². The number of rotatable bonds is 4. The maximum absolute atomic E-state index is 3.56. The normalized spacial score (nSPS) is 40.0. The molecular weight excluding hydrogens is 186 g/mol. The van der Waals surface area contributed by atoms with E-state index in [1.54, 1.807) is 0 Å². The molecule has 0 amide bonds. The zero-order valence-corrected chi connectivity index (χ0v) is 10.6. The molecule has 0 spiro atoms. The molecule has 0 aromatic carbocycles. The predicted molar refractivity (Wildman–Crippen MR) is 63.7 cm³/mol. The van der Waals surface area contributed by atoms with Crippen LogP contribution in [0.25, 0.3) is 0 Å². The summed E-state index contributed by atoms with van der Waals surface area (Å²) < 4.78 is 2.74. The molecule has 0 radical (unpaired) electrons. The Balaban J connectivity index is 1.82. The summed E-state index contributed by atoms with van der Waals surface area (Å²) in [6.07, 6.45) is 0. The molecule has 88 valence electrons. The van der Waals surface area contributed by atoms with Crippen LogP contribution in [0.1, 0.15) is 13.8 Å². The summed E-state index contributed by atoms with van der Waals surface area (Å²) >= 11 is 0. The van der Waals surface area contributed by atoms with Crippen molar-refractivity contribution < 1.29 is 8.97 Å². The van der Waals surface area contributed by atoms with E-state index in [0.29, 0.717) is 6.04 Å². The summed E-state index contributed by atoms with van der Waals surface area (Å²) in [7, 11) is 2.43. The first-order valence-corrected chi connectivity index (χ1v) is 6.46. The van der Waals surface area contributed by atoms with E-state index in [0.717, 1.165) is 0 Å². The molecule has 3 aliphatic heterocycles. The molecule has 3 saturated heterocycles. The molecule has 3 nitrogen and oxygen atoms in total. The van der Waals surface area contributed by atoms with Crippen LogP contribution in [0.2, 0.25) is 0 Å². The lowest BCUT2D eigenvalue weighted by Gasteiger charge is -2.54. The molecule has 0 aromatic rings. The number of quaternary nitrogens is 2. The topological polar surface area (TPSA) is 12.0 Å². The molecular formula is C12H27N3+2. The highest BCUT2D eigenvalue weighted by Crippen LogP contribution is 2.23. The summed E-state index contributed by atoms with van der Waals surface area (Å²) in [5.41, 5.74) is 0. The number of hydrogen-bond donors (Lipinski definition) is 1. The molecule has 1 N–H and O–H groups in total. The van der Waals surface area contributed by atoms with E-state index in [1.165, 1.54) is 61.3 Å². The standard InChI is InChI=1S/C12H27N3/c1-12(2)13-4-5-15-9-6-14(3,7-10-15)8-11-15/h12-13H,4-11H2,1-3H3/q+2. The number of hydrogen-bond acceptors (Lipinski definition) is 1. The first-order chi connectivity index (χ1) is 7.04. The van der Waals surface area contributed by atoms with E-state index in [-0.39, 0.29) is 0 Å². The second kappa shape index (κ2) is 4.04. The SMILES string of the molecule is CC(C)NCC[N+]12CC[N+](C)(CC1)CC2. The number of piperazine rings is 3. The van der Waals surface area contributed by atoms with Crippen LogP contribution in [0.4, 0.5) is 0 Å². The molecule has 0 unspecified atom stereocenters. The van der Waals surface area contributed by atoms with Gasteiger partial charge in [0, 0.05) is 12.6 Å². The van der Waals surface area contributed by atoms with E-state index in [4.69, 9.17) is 0 Å². The van der Waals surface area contributed by atoms with Crippen molar-refractivity contribution in [3.8, 4) is 0 Å².